The summed E-state index contributed by atoms with van der Waals surface area (Å²) in [5.41, 5.74) is -0.647. The second kappa shape index (κ2) is 7.47. The van der Waals surface area contributed by atoms with Gasteiger partial charge in [-0.25, -0.2) is 4.79 Å². The molecule has 116 valence electrons. The molecule has 0 bridgehead atoms. The molecule has 1 aliphatic heterocycles. The van der Waals surface area contributed by atoms with Crippen molar-refractivity contribution in [3.63, 3.8) is 0 Å². The standard InChI is InChI=1S/C14H26N2O4/c1-4-5-14(12(17)18)6-8-16(9-7-14)13(19)15-10-11(2)20-3/h11H,4-10H2,1-3H3,(H,15,19)(H,17,18). The lowest BCUT2D eigenvalue weighted by Gasteiger charge is -2.38. The number of ether oxygens (including phenoxy) is 1. The Labute approximate surface area is 120 Å². The average Bonchev–Trinajstić information content (AvgIpc) is 2.45. The van der Waals surface area contributed by atoms with E-state index in [1.54, 1.807) is 12.0 Å². The van der Waals surface area contributed by atoms with Crippen molar-refractivity contribution in [3.8, 4) is 0 Å². The van der Waals surface area contributed by atoms with Crippen LogP contribution in [0, 0.1) is 5.41 Å². The van der Waals surface area contributed by atoms with Crippen molar-refractivity contribution in [1.82, 2.24) is 10.2 Å². The molecule has 0 aliphatic carbocycles. The van der Waals surface area contributed by atoms with Gasteiger partial charge in [0, 0.05) is 26.7 Å². The quantitative estimate of drug-likeness (QED) is 0.779. The molecule has 2 N–H and O–H groups in total. The molecule has 6 heteroatoms. The van der Waals surface area contributed by atoms with Crippen molar-refractivity contribution in [2.24, 2.45) is 5.41 Å². The monoisotopic (exact) mass is 286 g/mol. The molecule has 1 saturated heterocycles. The molecule has 1 rings (SSSR count). The lowest BCUT2D eigenvalue weighted by molar-refractivity contribution is -0.152. The van der Waals surface area contributed by atoms with Crippen LogP contribution in [0.15, 0.2) is 0 Å². The van der Waals surface area contributed by atoms with Crippen molar-refractivity contribution in [2.45, 2.75) is 45.6 Å². The molecule has 0 spiro atoms. The topological polar surface area (TPSA) is 78.9 Å². The van der Waals surface area contributed by atoms with E-state index in [1.165, 1.54) is 0 Å². The number of carbonyl (C=O) groups excluding carboxylic acids is 1. The minimum absolute atomic E-state index is 0.0260. The zero-order valence-electron chi connectivity index (χ0n) is 12.6. The maximum Gasteiger partial charge on any atom is 0.317 e. The highest BCUT2D eigenvalue weighted by atomic mass is 16.5. The van der Waals surface area contributed by atoms with Crippen LogP contribution >= 0.6 is 0 Å². The van der Waals surface area contributed by atoms with E-state index in [1.807, 2.05) is 13.8 Å². The summed E-state index contributed by atoms with van der Waals surface area (Å²) in [6, 6.07) is -0.135. The number of rotatable bonds is 6. The molecule has 6 nitrogen and oxygen atoms in total. The molecule has 1 aliphatic rings. The number of carboxylic acids is 1. The minimum Gasteiger partial charge on any atom is -0.481 e. The van der Waals surface area contributed by atoms with E-state index >= 15 is 0 Å². The number of piperidine rings is 1. The molecular weight excluding hydrogens is 260 g/mol. The van der Waals surface area contributed by atoms with Gasteiger partial charge in [-0.15, -0.1) is 0 Å². The molecule has 2 amide bonds. The molecule has 1 heterocycles. The lowest BCUT2D eigenvalue weighted by atomic mass is 9.75. The maximum absolute atomic E-state index is 12.0. The Kier molecular flexibility index (Phi) is 6.26. The number of likely N-dealkylation sites (tertiary alicyclic amines) is 1. The van der Waals surface area contributed by atoms with Crippen LogP contribution in [0.4, 0.5) is 4.79 Å². The van der Waals surface area contributed by atoms with E-state index in [4.69, 9.17) is 4.74 Å². The van der Waals surface area contributed by atoms with E-state index in [0.29, 0.717) is 38.9 Å². The lowest BCUT2D eigenvalue weighted by Crippen LogP contribution is -2.50. The molecule has 0 aromatic heterocycles. The fourth-order valence-corrected chi connectivity index (χ4v) is 2.61. The number of nitrogens with zero attached hydrogens (tertiary/aromatic N) is 1. The summed E-state index contributed by atoms with van der Waals surface area (Å²) < 4.78 is 5.07. The second-order valence-electron chi connectivity index (χ2n) is 5.55. The Morgan fingerprint density at radius 3 is 2.45 bits per heavy atom. The summed E-state index contributed by atoms with van der Waals surface area (Å²) in [7, 11) is 1.60. The number of hydrogen-bond acceptors (Lipinski definition) is 3. The third kappa shape index (κ3) is 4.10. The zero-order valence-corrected chi connectivity index (χ0v) is 12.6. The molecule has 0 aromatic carbocycles. The molecule has 0 saturated carbocycles. The third-order valence-corrected chi connectivity index (χ3v) is 4.13. The molecule has 0 aromatic rings. The van der Waals surface area contributed by atoms with Gasteiger partial charge in [0.25, 0.3) is 0 Å². The Bertz CT molecular complexity index is 338. The molecular formula is C14H26N2O4. The summed E-state index contributed by atoms with van der Waals surface area (Å²) in [5.74, 6) is -0.729. The van der Waals surface area contributed by atoms with Gasteiger partial charge in [-0.2, -0.15) is 0 Å². The summed E-state index contributed by atoms with van der Waals surface area (Å²) >= 11 is 0. The molecule has 0 radical (unpaired) electrons. The number of nitrogens with one attached hydrogen (secondary N) is 1. The minimum atomic E-state index is -0.729. The Morgan fingerprint density at radius 2 is 2.00 bits per heavy atom. The molecule has 20 heavy (non-hydrogen) atoms. The van der Waals surface area contributed by atoms with Crippen LogP contribution in [0.5, 0.6) is 0 Å². The Balaban J connectivity index is 2.48. The highest BCUT2D eigenvalue weighted by molar-refractivity contribution is 5.77. The zero-order chi connectivity index (χ0) is 15.2. The first kappa shape index (κ1) is 16.8. The van der Waals surface area contributed by atoms with Gasteiger partial charge in [0.1, 0.15) is 0 Å². The number of aliphatic carboxylic acids is 1. The fourth-order valence-electron chi connectivity index (χ4n) is 2.61. The maximum atomic E-state index is 12.0. The SMILES string of the molecule is CCCC1(C(=O)O)CCN(C(=O)NCC(C)OC)CC1. The van der Waals surface area contributed by atoms with Gasteiger partial charge in [-0.3, -0.25) is 4.79 Å². The van der Waals surface area contributed by atoms with Crippen molar-refractivity contribution in [3.05, 3.63) is 0 Å². The van der Waals surface area contributed by atoms with Crippen LogP contribution in [0.2, 0.25) is 0 Å². The molecule has 1 atom stereocenters. The largest absolute Gasteiger partial charge is 0.481 e. The normalized spacial score (nSPS) is 19.4. The predicted molar refractivity (Wildman–Crippen MR) is 75.7 cm³/mol. The van der Waals surface area contributed by atoms with Crippen LogP contribution in [0.1, 0.15) is 39.5 Å². The summed E-state index contributed by atoms with van der Waals surface area (Å²) in [5, 5.41) is 12.2. The van der Waals surface area contributed by atoms with Gasteiger partial charge in [0.15, 0.2) is 0 Å². The van der Waals surface area contributed by atoms with Crippen LogP contribution in [0.3, 0.4) is 0 Å². The number of hydrogen-bond donors (Lipinski definition) is 2. The number of methoxy groups -OCH3 is 1. The smallest absolute Gasteiger partial charge is 0.317 e. The van der Waals surface area contributed by atoms with E-state index in [9.17, 15) is 14.7 Å². The third-order valence-electron chi connectivity index (χ3n) is 4.13. The van der Waals surface area contributed by atoms with E-state index in [0.717, 1.165) is 6.42 Å². The van der Waals surface area contributed by atoms with Gasteiger partial charge in [-0.1, -0.05) is 13.3 Å². The first-order chi connectivity index (χ1) is 9.45. The van der Waals surface area contributed by atoms with Crippen molar-refractivity contribution < 1.29 is 19.4 Å². The van der Waals surface area contributed by atoms with E-state index < -0.39 is 11.4 Å². The highest BCUT2D eigenvalue weighted by Gasteiger charge is 2.41. The second-order valence-corrected chi connectivity index (χ2v) is 5.55. The average molecular weight is 286 g/mol. The number of urea groups is 1. The van der Waals surface area contributed by atoms with Gasteiger partial charge < -0.3 is 20.1 Å². The van der Waals surface area contributed by atoms with Gasteiger partial charge in [0.05, 0.1) is 11.5 Å². The fraction of sp³-hybridized carbons (Fsp3) is 0.857. The van der Waals surface area contributed by atoms with Crippen LogP contribution in [0.25, 0.3) is 0 Å². The van der Waals surface area contributed by atoms with Crippen LogP contribution < -0.4 is 5.32 Å². The Hall–Kier alpha value is -1.30. The summed E-state index contributed by atoms with van der Waals surface area (Å²) in [4.78, 5) is 25.1. The van der Waals surface area contributed by atoms with Crippen molar-refractivity contribution >= 4 is 12.0 Å². The van der Waals surface area contributed by atoms with E-state index in [-0.39, 0.29) is 12.1 Å². The van der Waals surface area contributed by atoms with Gasteiger partial charge in [0.2, 0.25) is 0 Å². The van der Waals surface area contributed by atoms with Crippen molar-refractivity contribution in [2.75, 3.05) is 26.7 Å². The van der Waals surface area contributed by atoms with Crippen LogP contribution in [-0.4, -0.2) is 54.9 Å². The highest BCUT2D eigenvalue weighted by Crippen LogP contribution is 2.36. The summed E-state index contributed by atoms with van der Waals surface area (Å²) in [6.07, 6.45) is 2.57. The van der Waals surface area contributed by atoms with Gasteiger partial charge in [-0.05, 0) is 26.2 Å². The van der Waals surface area contributed by atoms with Crippen LogP contribution in [-0.2, 0) is 9.53 Å². The Morgan fingerprint density at radius 1 is 1.40 bits per heavy atom. The van der Waals surface area contributed by atoms with Crippen molar-refractivity contribution in [1.29, 1.82) is 0 Å². The number of carboxylic acid groups (broad SMARTS) is 1. The summed E-state index contributed by atoms with van der Waals surface area (Å²) in [6.45, 7) is 5.34. The first-order valence-corrected chi connectivity index (χ1v) is 7.24. The number of carbonyl (C=O) groups is 2. The van der Waals surface area contributed by atoms with Gasteiger partial charge >= 0.3 is 12.0 Å². The number of amides is 2. The molecule has 1 fully saturated rings. The first-order valence-electron chi connectivity index (χ1n) is 7.24. The molecule has 1 unspecified atom stereocenters. The predicted octanol–water partition coefficient (Wildman–Crippen LogP) is 1.70. The van der Waals surface area contributed by atoms with E-state index in [2.05, 4.69) is 5.32 Å².